The van der Waals surface area contributed by atoms with E-state index in [2.05, 4.69) is 30.5 Å². The molecule has 0 fully saturated rings. The van der Waals surface area contributed by atoms with Gasteiger partial charge in [-0.1, -0.05) is 12.1 Å². The number of H-pyrrole nitrogens is 1. The fraction of sp³-hybridized carbons (Fsp3) is 0.231. The Balaban J connectivity index is 1.56. The Morgan fingerprint density at radius 3 is 2.84 bits per heavy atom. The largest absolute Gasteiger partial charge is 0.353 e. The molecule has 2 N–H and O–H groups in total. The van der Waals surface area contributed by atoms with E-state index in [1.54, 1.807) is 6.20 Å². The van der Waals surface area contributed by atoms with Crippen molar-refractivity contribution in [2.24, 2.45) is 0 Å². The highest BCUT2D eigenvalue weighted by atomic mass is 15.2. The summed E-state index contributed by atoms with van der Waals surface area (Å²) in [5.74, 6) is 1.57. The lowest BCUT2D eigenvalue weighted by atomic mass is 10.3. The first-order valence-electron chi connectivity index (χ1n) is 6.23. The van der Waals surface area contributed by atoms with Crippen molar-refractivity contribution in [3.05, 3.63) is 42.5 Å². The van der Waals surface area contributed by atoms with Crippen LogP contribution >= 0.6 is 0 Å². The number of aryl methyl sites for hydroxylation is 1. The monoisotopic (exact) mass is 254 g/mol. The van der Waals surface area contributed by atoms with E-state index in [1.807, 2.05) is 30.5 Å². The summed E-state index contributed by atoms with van der Waals surface area (Å²) in [5, 5.41) is 11.3. The topological polar surface area (TPSA) is 79.4 Å². The van der Waals surface area contributed by atoms with Gasteiger partial charge in [0.15, 0.2) is 0 Å². The van der Waals surface area contributed by atoms with Crippen molar-refractivity contribution in [1.82, 2.24) is 25.1 Å². The van der Waals surface area contributed by atoms with E-state index < -0.39 is 0 Å². The van der Waals surface area contributed by atoms with Gasteiger partial charge < -0.3 is 10.3 Å². The number of hydrogen-bond acceptors (Lipinski definition) is 5. The van der Waals surface area contributed by atoms with Crippen LogP contribution in [0, 0.1) is 0 Å². The maximum Gasteiger partial charge on any atom is 0.243 e. The summed E-state index contributed by atoms with van der Waals surface area (Å²) in [6.07, 6.45) is 5.46. The summed E-state index contributed by atoms with van der Waals surface area (Å²) in [6.45, 7) is 0.792. The zero-order valence-corrected chi connectivity index (χ0v) is 10.4. The van der Waals surface area contributed by atoms with Crippen molar-refractivity contribution in [2.75, 3.05) is 11.9 Å². The van der Waals surface area contributed by atoms with Crippen molar-refractivity contribution in [2.45, 2.75) is 12.8 Å². The van der Waals surface area contributed by atoms with Gasteiger partial charge in [0.1, 0.15) is 11.3 Å². The molecule has 6 nitrogen and oxygen atoms in total. The molecule has 2 heterocycles. The number of anilines is 1. The number of aromatic amines is 1. The Hall–Kier alpha value is -2.50. The van der Waals surface area contributed by atoms with Gasteiger partial charge in [0, 0.05) is 25.4 Å². The number of aromatic nitrogens is 5. The molecule has 0 amide bonds. The average molecular weight is 254 g/mol. The fourth-order valence-electron chi connectivity index (χ4n) is 1.85. The normalized spacial score (nSPS) is 10.7. The highest BCUT2D eigenvalue weighted by molar-refractivity contribution is 5.73. The van der Waals surface area contributed by atoms with E-state index in [4.69, 9.17) is 0 Å². The minimum atomic E-state index is 0.568. The number of nitrogens with one attached hydrogen (secondary N) is 2. The third-order valence-electron chi connectivity index (χ3n) is 2.79. The number of rotatable bonds is 5. The predicted molar refractivity (Wildman–Crippen MR) is 72.7 cm³/mol. The second-order valence-corrected chi connectivity index (χ2v) is 4.19. The second kappa shape index (κ2) is 5.43. The average Bonchev–Trinajstić information content (AvgIpc) is 2.97. The number of para-hydroxylation sites is 1. The SMILES string of the molecule is c1ccc2nc(NCCCc3ncc[nH]3)nnc2c1. The first kappa shape index (κ1) is 11.6. The molecule has 1 aromatic carbocycles. The molecule has 0 saturated carbocycles. The molecule has 0 bridgehead atoms. The highest BCUT2D eigenvalue weighted by Gasteiger charge is 2.00. The van der Waals surface area contributed by atoms with Crippen molar-refractivity contribution >= 4 is 17.0 Å². The van der Waals surface area contributed by atoms with Crippen LogP contribution in [-0.2, 0) is 6.42 Å². The lowest BCUT2D eigenvalue weighted by Gasteiger charge is -2.03. The van der Waals surface area contributed by atoms with Gasteiger partial charge in [0.05, 0.1) is 5.52 Å². The molecule has 0 aliphatic carbocycles. The van der Waals surface area contributed by atoms with Crippen LogP contribution < -0.4 is 5.32 Å². The second-order valence-electron chi connectivity index (χ2n) is 4.19. The summed E-state index contributed by atoms with van der Waals surface area (Å²) in [7, 11) is 0. The number of nitrogens with zero attached hydrogens (tertiary/aromatic N) is 4. The first-order chi connectivity index (χ1) is 9.42. The highest BCUT2D eigenvalue weighted by Crippen LogP contribution is 2.08. The molecule has 0 radical (unpaired) electrons. The zero-order valence-electron chi connectivity index (χ0n) is 10.4. The lowest BCUT2D eigenvalue weighted by molar-refractivity contribution is 0.807. The summed E-state index contributed by atoms with van der Waals surface area (Å²) >= 11 is 0. The van der Waals surface area contributed by atoms with E-state index in [-0.39, 0.29) is 0 Å². The maximum atomic E-state index is 4.40. The third-order valence-corrected chi connectivity index (χ3v) is 2.79. The molecule has 0 aliphatic heterocycles. The summed E-state index contributed by atoms with van der Waals surface area (Å²) in [5.41, 5.74) is 1.66. The van der Waals surface area contributed by atoms with E-state index in [0.29, 0.717) is 5.95 Å². The Labute approximate surface area is 110 Å². The summed E-state index contributed by atoms with van der Waals surface area (Å²) in [6, 6.07) is 7.70. The van der Waals surface area contributed by atoms with Crippen molar-refractivity contribution in [3.8, 4) is 0 Å². The van der Waals surface area contributed by atoms with Crippen LogP contribution in [0.5, 0.6) is 0 Å². The van der Waals surface area contributed by atoms with Crippen molar-refractivity contribution < 1.29 is 0 Å². The van der Waals surface area contributed by atoms with Crippen LogP contribution in [0.2, 0.25) is 0 Å². The van der Waals surface area contributed by atoms with Gasteiger partial charge in [0.2, 0.25) is 5.95 Å². The van der Waals surface area contributed by atoms with Crippen LogP contribution in [0.25, 0.3) is 11.0 Å². The maximum absolute atomic E-state index is 4.40. The van der Waals surface area contributed by atoms with Gasteiger partial charge in [-0.3, -0.25) is 0 Å². The third kappa shape index (κ3) is 2.85. The van der Waals surface area contributed by atoms with Crippen LogP contribution in [0.4, 0.5) is 5.95 Å². The zero-order chi connectivity index (χ0) is 12.9. The summed E-state index contributed by atoms with van der Waals surface area (Å²) in [4.78, 5) is 11.7. The first-order valence-corrected chi connectivity index (χ1v) is 6.23. The number of hydrogen-bond donors (Lipinski definition) is 2. The van der Waals surface area contributed by atoms with Crippen molar-refractivity contribution in [1.29, 1.82) is 0 Å². The number of imidazole rings is 1. The van der Waals surface area contributed by atoms with Crippen LogP contribution in [-0.4, -0.2) is 31.7 Å². The Morgan fingerprint density at radius 2 is 2.00 bits per heavy atom. The molecule has 6 heteroatoms. The van der Waals surface area contributed by atoms with Gasteiger partial charge >= 0.3 is 0 Å². The quantitative estimate of drug-likeness (QED) is 0.679. The summed E-state index contributed by atoms with van der Waals surface area (Å²) < 4.78 is 0. The van der Waals surface area contributed by atoms with Crippen LogP contribution in [0.3, 0.4) is 0 Å². The number of fused-ring (bicyclic) bond motifs is 1. The molecule has 3 rings (SSSR count). The Kier molecular flexibility index (Phi) is 3.31. The standard InChI is InChI=1S/C13H14N6/c1-2-5-11-10(4-1)17-13(19-18-11)16-7-3-6-12-14-8-9-15-12/h1-2,4-5,8-9H,3,6-7H2,(H,14,15)(H,16,17,19). The van der Waals surface area contributed by atoms with Gasteiger partial charge in [-0.2, -0.15) is 0 Å². The predicted octanol–water partition coefficient (Wildman–Crippen LogP) is 1.79. The molecule has 0 saturated heterocycles. The Bertz CT molecular complexity index is 649. The van der Waals surface area contributed by atoms with E-state index in [1.165, 1.54) is 0 Å². The molecule has 2 aromatic heterocycles. The van der Waals surface area contributed by atoms with Gasteiger partial charge in [0.25, 0.3) is 0 Å². The van der Waals surface area contributed by atoms with E-state index in [9.17, 15) is 0 Å². The molecule has 0 atom stereocenters. The van der Waals surface area contributed by atoms with Gasteiger partial charge in [-0.25, -0.2) is 9.97 Å². The smallest absolute Gasteiger partial charge is 0.243 e. The van der Waals surface area contributed by atoms with E-state index in [0.717, 1.165) is 36.2 Å². The molecule has 96 valence electrons. The fourth-order valence-corrected chi connectivity index (χ4v) is 1.85. The molecule has 0 spiro atoms. The van der Waals surface area contributed by atoms with E-state index >= 15 is 0 Å². The van der Waals surface area contributed by atoms with Gasteiger partial charge in [-0.15, -0.1) is 10.2 Å². The molecular weight excluding hydrogens is 240 g/mol. The minimum Gasteiger partial charge on any atom is -0.353 e. The lowest BCUT2D eigenvalue weighted by Crippen LogP contribution is -2.07. The Morgan fingerprint density at radius 1 is 1.11 bits per heavy atom. The molecule has 19 heavy (non-hydrogen) atoms. The van der Waals surface area contributed by atoms with Crippen LogP contribution in [0.15, 0.2) is 36.7 Å². The van der Waals surface area contributed by atoms with Crippen LogP contribution in [0.1, 0.15) is 12.2 Å². The molecule has 3 aromatic rings. The number of benzene rings is 1. The molecular formula is C13H14N6. The molecule has 0 aliphatic rings. The van der Waals surface area contributed by atoms with Crippen molar-refractivity contribution in [3.63, 3.8) is 0 Å². The van der Waals surface area contributed by atoms with Gasteiger partial charge in [-0.05, 0) is 18.6 Å². The molecule has 0 unspecified atom stereocenters. The minimum absolute atomic E-state index is 0.568.